The van der Waals surface area contributed by atoms with Crippen LogP contribution < -0.4 is 4.90 Å². The number of nitrogens with zero attached hydrogens (tertiary/aromatic N) is 1. The molecule has 0 saturated carbocycles. The first kappa shape index (κ1) is 28.2. The fraction of sp³-hybridized carbons (Fsp3) is 0. The Hall–Kier alpha value is -8.52. The van der Waals surface area contributed by atoms with Gasteiger partial charge in [-0.25, -0.2) is 0 Å². The summed E-state index contributed by atoms with van der Waals surface area (Å²) < 4.78 is 116. The summed E-state index contributed by atoms with van der Waals surface area (Å²) in [5.41, 5.74) is 5.68. The van der Waals surface area contributed by atoms with Gasteiger partial charge in [0.05, 0.1) is 16.4 Å². The normalized spacial score (nSPS) is 13.7. The molecule has 1 nitrogen and oxygen atoms in total. The number of hydrogen-bond donors (Lipinski definition) is 0. The van der Waals surface area contributed by atoms with Crippen LogP contribution in [0.25, 0.3) is 88.7 Å². The largest absolute Gasteiger partial charge is 0.311 e. The van der Waals surface area contributed by atoms with Crippen molar-refractivity contribution in [1.29, 1.82) is 0 Å². The second-order valence-corrected chi connectivity index (χ2v) is 15.6. The maximum Gasteiger partial charge on any atom is 0.0645 e. The lowest BCUT2D eigenvalue weighted by Gasteiger charge is -2.26. The summed E-state index contributed by atoms with van der Waals surface area (Å²) >= 11 is 0. The van der Waals surface area contributed by atoms with Crippen molar-refractivity contribution in [3.05, 3.63) is 273 Å². The van der Waals surface area contributed by atoms with Gasteiger partial charge < -0.3 is 4.90 Å². The summed E-state index contributed by atoms with van der Waals surface area (Å²) in [7, 11) is 0. The molecule has 0 radical (unpaired) electrons. The molecule has 0 spiro atoms. The standard InChI is InChI=1S/C64H45N/c1-4-14-46(15-5-1)49-26-28-50(29-27-49)51-30-36-60(37-31-51)65(61-38-32-52(33-39-61)55-22-12-23-56(42-55)64-25-13-21-54-20-10-11-24-63(54)64)62-40-34-53(35-41-62)59-44-57(47-16-6-2-7-17-47)43-58(45-59)48-18-8-3-9-19-48/h1-45H/i30D,31D,32D,33D,34D,35D,36D,37D,38D,39D,40D,41D. The fourth-order valence-corrected chi connectivity index (χ4v) is 8.17. The number of fused-ring (bicyclic) bond motifs is 1. The predicted octanol–water partition coefficient (Wildman–Crippen LogP) is 18.0. The van der Waals surface area contributed by atoms with Crippen LogP contribution in [0.5, 0.6) is 0 Å². The maximum atomic E-state index is 9.83. The van der Waals surface area contributed by atoms with Gasteiger partial charge in [0.1, 0.15) is 0 Å². The van der Waals surface area contributed by atoms with Gasteiger partial charge in [0.15, 0.2) is 0 Å². The highest BCUT2D eigenvalue weighted by Gasteiger charge is 2.15. The quantitative estimate of drug-likeness (QED) is 0.133. The lowest BCUT2D eigenvalue weighted by Crippen LogP contribution is -2.09. The van der Waals surface area contributed by atoms with E-state index in [-0.39, 0.29) is 16.7 Å². The zero-order valence-corrected chi connectivity index (χ0v) is 35.0. The molecule has 65 heavy (non-hydrogen) atoms. The van der Waals surface area contributed by atoms with E-state index in [0.717, 1.165) is 60.2 Å². The molecule has 0 aliphatic carbocycles. The molecular formula is C64H45N. The zero-order chi connectivity index (χ0) is 53.8. The second-order valence-electron chi connectivity index (χ2n) is 15.6. The minimum Gasteiger partial charge on any atom is -0.311 e. The minimum atomic E-state index is -0.687. The third-order valence-corrected chi connectivity index (χ3v) is 11.5. The molecule has 0 heterocycles. The van der Waals surface area contributed by atoms with Crippen molar-refractivity contribution in [2.24, 2.45) is 0 Å². The summed E-state index contributed by atoms with van der Waals surface area (Å²) in [6, 6.07) is 54.9. The van der Waals surface area contributed by atoms with Crippen LogP contribution in [0.4, 0.5) is 17.1 Å². The lowest BCUT2D eigenvalue weighted by atomic mass is 9.93. The molecule has 11 rings (SSSR count). The highest BCUT2D eigenvalue weighted by atomic mass is 15.1. The van der Waals surface area contributed by atoms with Crippen LogP contribution in [-0.4, -0.2) is 0 Å². The molecular weight excluding hydrogens is 783 g/mol. The van der Waals surface area contributed by atoms with Crippen LogP contribution >= 0.6 is 0 Å². The molecule has 0 N–H and O–H groups in total. The van der Waals surface area contributed by atoms with Crippen LogP contribution in [0.3, 0.4) is 0 Å². The third kappa shape index (κ3) is 8.27. The Labute approximate surface area is 398 Å². The summed E-state index contributed by atoms with van der Waals surface area (Å²) in [5, 5.41) is 1.98. The van der Waals surface area contributed by atoms with Gasteiger partial charge in [-0.05, 0) is 149 Å². The Morgan fingerprint density at radius 3 is 1.08 bits per heavy atom. The molecule has 0 saturated heterocycles. The van der Waals surface area contributed by atoms with Crippen molar-refractivity contribution in [2.75, 3.05) is 4.90 Å². The molecule has 0 aromatic heterocycles. The SMILES string of the molecule is [2H]c1c([2H])c(N(c2c([2H])c([2H])c(-c3cc(-c4ccccc4)cc(-c4ccccc4)c3)c([2H])c2[2H])c2c([2H])c([2H])c(-c3cccc(-c4cccc5ccccc45)c3)c([2H])c2[2H])c([2H])c([2H])c1-c1ccc(-c2ccccc2)cc1. The Kier molecular flexibility index (Phi) is 7.68. The molecule has 0 atom stereocenters. The van der Waals surface area contributed by atoms with E-state index in [1.807, 2.05) is 158 Å². The van der Waals surface area contributed by atoms with Crippen molar-refractivity contribution < 1.29 is 16.4 Å². The lowest BCUT2D eigenvalue weighted by molar-refractivity contribution is 1.28. The first-order valence-electron chi connectivity index (χ1n) is 27.3. The molecule has 0 unspecified atom stereocenters. The molecule has 1 heteroatoms. The van der Waals surface area contributed by atoms with Crippen LogP contribution in [-0.2, 0) is 0 Å². The number of benzene rings is 11. The highest BCUT2D eigenvalue weighted by Crippen LogP contribution is 2.40. The van der Waals surface area contributed by atoms with Crippen LogP contribution in [0, 0.1) is 0 Å². The predicted molar refractivity (Wildman–Crippen MR) is 277 cm³/mol. The average Bonchev–Trinajstić information content (AvgIpc) is 3.48. The summed E-state index contributed by atoms with van der Waals surface area (Å²) in [4.78, 5) is 0.862. The zero-order valence-electron chi connectivity index (χ0n) is 47.0. The van der Waals surface area contributed by atoms with Gasteiger partial charge in [0.2, 0.25) is 0 Å². The maximum absolute atomic E-state index is 9.83. The highest BCUT2D eigenvalue weighted by molar-refractivity contribution is 5.97. The fourth-order valence-electron chi connectivity index (χ4n) is 8.17. The monoisotopic (exact) mass is 839 g/mol. The van der Waals surface area contributed by atoms with Crippen molar-refractivity contribution in [3.63, 3.8) is 0 Å². The van der Waals surface area contributed by atoms with Crippen molar-refractivity contribution >= 4 is 27.8 Å². The van der Waals surface area contributed by atoms with Crippen molar-refractivity contribution in [1.82, 2.24) is 0 Å². The number of hydrogen-bond acceptors (Lipinski definition) is 1. The van der Waals surface area contributed by atoms with E-state index in [1.54, 1.807) is 42.5 Å². The topological polar surface area (TPSA) is 3.24 Å². The smallest absolute Gasteiger partial charge is 0.0645 e. The summed E-state index contributed by atoms with van der Waals surface area (Å²) in [6.07, 6.45) is 0. The second kappa shape index (κ2) is 17.7. The molecule has 0 aliphatic rings. The van der Waals surface area contributed by atoms with E-state index in [1.165, 1.54) is 0 Å². The molecule has 11 aromatic rings. The molecule has 0 fully saturated rings. The van der Waals surface area contributed by atoms with E-state index in [4.69, 9.17) is 0 Å². The van der Waals surface area contributed by atoms with Crippen LogP contribution in [0.1, 0.15) is 16.4 Å². The van der Waals surface area contributed by atoms with Crippen LogP contribution in [0.2, 0.25) is 0 Å². The van der Waals surface area contributed by atoms with E-state index >= 15 is 0 Å². The van der Waals surface area contributed by atoms with Gasteiger partial charge >= 0.3 is 0 Å². The average molecular weight is 840 g/mol. The van der Waals surface area contributed by atoms with E-state index < -0.39 is 89.6 Å². The Morgan fingerprint density at radius 1 is 0.231 bits per heavy atom. The third-order valence-electron chi connectivity index (χ3n) is 11.5. The summed E-state index contributed by atoms with van der Waals surface area (Å²) in [6.45, 7) is 0. The Morgan fingerprint density at radius 2 is 0.554 bits per heavy atom. The van der Waals surface area contributed by atoms with Gasteiger partial charge in [-0.2, -0.15) is 0 Å². The minimum absolute atomic E-state index is 0.0632. The number of anilines is 3. The molecule has 11 aromatic carbocycles. The van der Waals surface area contributed by atoms with E-state index in [0.29, 0.717) is 16.7 Å². The van der Waals surface area contributed by atoms with Gasteiger partial charge in [0, 0.05) is 17.1 Å². The van der Waals surface area contributed by atoms with E-state index in [9.17, 15) is 16.4 Å². The van der Waals surface area contributed by atoms with Crippen molar-refractivity contribution in [2.45, 2.75) is 0 Å². The Balaban J connectivity index is 1.14. The molecule has 0 amide bonds. The van der Waals surface area contributed by atoms with Crippen LogP contribution in [0.15, 0.2) is 273 Å². The molecule has 0 bridgehead atoms. The van der Waals surface area contributed by atoms with E-state index in [2.05, 4.69) is 0 Å². The van der Waals surface area contributed by atoms with Crippen molar-refractivity contribution in [3.8, 4) is 77.9 Å². The van der Waals surface area contributed by atoms with Gasteiger partial charge in [-0.3, -0.25) is 0 Å². The molecule has 306 valence electrons. The first-order valence-corrected chi connectivity index (χ1v) is 21.3. The Bertz CT molecular complexity index is 3960. The molecule has 0 aliphatic heterocycles. The van der Waals surface area contributed by atoms with Gasteiger partial charge in [-0.1, -0.05) is 212 Å². The summed E-state index contributed by atoms with van der Waals surface area (Å²) in [5.74, 6) is 0. The van der Waals surface area contributed by atoms with Gasteiger partial charge in [-0.15, -0.1) is 0 Å². The first-order chi connectivity index (χ1) is 37.2. The number of rotatable bonds is 10. The van der Waals surface area contributed by atoms with Gasteiger partial charge in [0.25, 0.3) is 0 Å².